The second-order valence-corrected chi connectivity index (χ2v) is 6.89. The standard InChI is InChI=1S/C13H20N4O2S/c1-10(2)8-12(9-15-17-14)16-20(18,19)13-6-4-11(3)5-7-13/h4-7,10,12,16H,8-9H2,1-3H3. The number of hydrogen-bond donors (Lipinski definition) is 1. The van der Waals surface area contributed by atoms with Gasteiger partial charge < -0.3 is 0 Å². The van der Waals surface area contributed by atoms with Gasteiger partial charge in [0.2, 0.25) is 10.0 Å². The Balaban J connectivity index is 2.89. The Bertz CT molecular complexity index is 575. The molecule has 0 aliphatic heterocycles. The molecule has 20 heavy (non-hydrogen) atoms. The molecular formula is C13H20N4O2S. The van der Waals surface area contributed by atoms with Crippen LogP contribution in [-0.2, 0) is 10.0 Å². The lowest BCUT2D eigenvalue weighted by Crippen LogP contribution is -2.37. The fourth-order valence-electron chi connectivity index (χ4n) is 1.87. The van der Waals surface area contributed by atoms with Gasteiger partial charge in [-0.2, -0.15) is 0 Å². The molecule has 0 heterocycles. The van der Waals surface area contributed by atoms with Gasteiger partial charge >= 0.3 is 0 Å². The fourth-order valence-corrected chi connectivity index (χ4v) is 3.11. The molecule has 0 spiro atoms. The third kappa shape index (κ3) is 5.21. The van der Waals surface area contributed by atoms with Gasteiger partial charge in [0.25, 0.3) is 0 Å². The highest BCUT2D eigenvalue weighted by atomic mass is 32.2. The molecule has 1 rings (SSSR count). The van der Waals surface area contributed by atoms with Crippen LogP contribution in [0, 0.1) is 12.8 Å². The van der Waals surface area contributed by atoms with Crippen LogP contribution in [0.5, 0.6) is 0 Å². The van der Waals surface area contributed by atoms with Gasteiger partial charge in [-0.05, 0) is 36.9 Å². The molecule has 0 radical (unpaired) electrons. The van der Waals surface area contributed by atoms with Gasteiger partial charge in [-0.15, -0.1) is 0 Å². The smallest absolute Gasteiger partial charge is 0.208 e. The van der Waals surface area contributed by atoms with Crippen LogP contribution < -0.4 is 4.72 Å². The number of aryl methyl sites for hydroxylation is 1. The van der Waals surface area contributed by atoms with Crippen LogP contribution in [0.25, 0.3) is 10.4 Å². The number of rotatable bonds is 7. The summed E-state index contributed by atoms with van der Waals surface area (Å²) >= 11 is 0. The van der Waals surface area contributed by atoms with Crippen LogP contribution >= 0.6 is 0 Å². The molecule has 1 aromatic rings. The summed E-state index contributed by atoms with van der Waals surface area (Å²) in [5, 5.41) is 3.47. The number of hydrogen-bond acceptors (Lipinski definition) is 3. The number of azide groups is 1. The van der Waals surface area contributed by atoms with Crippen LogP contribution in [0.2, 0.25) is 0 Å². The number of nitrogens with zero attached hydrogens (tertiary/aromatic N) is 3. The van der Waals surface area contributed by atoms with Crippen LogP contribution in [0.3, 0.4) is 0 Å². The summed E-state index contributed by atoms with van der Waals surface area (Å²) in [4.78, 5) is 2.91. The van der Waals surface area contributed by atoms with Crippen molar-refractivity contribution in [3.63, 3.8) is 0 Å². The van der Waals surface area contributed by atoms with E-state index in [1.165, 1.54) is 0 Å². The molecular weight excluding hydrogens is 276 g/mol. The lowest BCUT2D eigenvalue weighted by molar-refractivity contribution is 0.464. The summed E-state index contributed by atoms with van der Waals surface area (Å²) in [5.41, 5.74) is 9.37. The summed E-state index contributed by atoms with van der Waals surface area (Å²) < 4.78 is 27.1. The van der Waals surface area contributed by atoms with Crippen molar-refractivity contribution < 1.29 is 8.42 Å². The summed E-state index contributed by atoms with van der Waals surface area (Å²) in [6.45, 7) is 5.99. The van der Waals surface area contributed by atoms with E-state index >= 15 is 0 Å². The van der Waals surface area contributed by atoms with Crippen molar-refractivity contribution in [1.29, 1.82) is 0 Å². The highest BCUT2D eigenvalue weighted by Gasteiger charge is 2.20. The van der Waals surface area contributed by atoms with E-state index in [0.29, 0.717) is 12.3 Å². The van der Waals surface area contributed by atoms with E-state index in [-0.39, 0.29) is 11.4 Å². The topological polar surface area (TPSA) is 94.9 Å². The Hall–Kier alpha value is -1.56. The van der Waals surface area contributed by atoms with Gasteiger partial charge in [0.05, 0.1) is 4.90 Å². The first-order valence-electron chi connectivity index (χ1n) is 6.45. The van der Waals surface area contributed by atoms with Gasteiger partial charge in [0.15, 0.2) is 0 Å². The molecule has 0 saturated carbocycles. The zero-order valence-electron chi connectivity index (χ0n) is 11.9. The lowest BCUT2D eigenvalue weighted by atomic mass is 10.1. The first-order chi connectivity index (χ1) is 9.35. The summed E-state index contributed by atoms with van der Waals surface area (Å²) in [6.07, 6.45) is 0.615. The van der Waals surface area contributed by atoms with Crippen LogP contribution in [0.1, 0.15) is 25.8 Å². The molecule has 0 fully saturated rings. The molecule has 1 N–H and O–H groups in total. The van der Waals surface area contributed by atoms with Crippen molar-refractivity contribution >= 4 is 10.0 Å². The normalized spacial score (nSPS) is 13.0. The Morgan fingerprint density at radius 1 is 1.30 bits per heavy atom. The molecule has 0 aliphatic carbocycles. The summed E-state index contributed by atoms with van der Waals surface area (Å²) in [7, 11) is -3.59. The Kier molecular flexibility index (Phi) is 6.01. The third-order valence-corrected chi connectivity index (χ3v) is 4.31. The lowest BCUT2D eigenvalue weighted by Gasteiger charge is -2.18. The average Bonchev–Trinajstić information content (AvgIpc) is 2.35. The van der Waals surface area contributed by atoms with Crippen molar-refractivity contribution in [2.75, 3.05) is 6.54 Å². The molecule has 1 atom stereocenters. The zero-order chi connectivity index (χ0) is 15.2. The first kappa shape index (κ1) is 16.5. The summed E-state index contributed by atoms with van der Waals surface area (Å²) in [6, 6.07) is 6.24. The Morgan fingerprint density at radius 3 is 2.40 bits per heavy atom. The van der Waals surface area contributed by atoms with Crippen molar-refractivity contribution in [2.45, 2.75) is 38.1 Å². The molecule has 7 heteroatoms. The van der Waals surface area contributed by atoms with Gasteiger partial charge in [-0.1, -0.05) is 36.7 Å². The minimum Gasteiger partial charge on any atom is -0.208 e. The van der Waals surface area contributed by atoms with Crippen molar-refractivity contribution in [2.24, 2.45) is 11.0 Å². The first-order valence-corrected chi connectivity index (χ1v) is 7.93. The maximum absolute atomic E-state index is 12.3. The van der Waals surface area contributed by atoms with Crippen molar-refractivity contribution in [3.8, 4) is 0 Å². The fraction of sp³-hybridized carbons (Fsp3) is 0.538. The second kappa shape index (κ2) is 7.28. The SMILES string of the molecule is Cc1ccc(S(=O)(=O)NC(CN=[N+]=[N-])CC(C)C)cc1. The quantitative estimate of drug-likeness (QED) is 0.475. The Labute approximate surface area is 119 Å². The molecule has 0 amide bonds. The third-order valence-electron chi connectivity index (χ3n) is 2.77. The number of nitrogens with one attached hydrogen (secondary N) is 1. The van der Waals surface area contributed by atoms with Crippen LogP contribution in [0.15, 0.2) is 34.3 Å². The molecule has 110 valence electrons. The van der Waals surface area contributed by atoms with Crippen LogP contribution in [0.4, 0.5) is 0 Å². The predicted octanol–water partition coefficient (Wildman–Crippen LogP) is 3.00. The zero-order valence-corrected chi connectivity index (χ0v) is 12.8. The van der Waals surface area contributed by atoms with E-state index in [1.807, 2.05) is 20.8 Å². The number of benzene rings is 1. The maximum atomic E-state index is 12.3. The maximum Gasteiger partial charge on any atom is 0.240 e. The molecule has 0 aliphatic rings. The molecule has 0 bridgehead atoms. The molecule has 6 nitrogen and oxygen atoms in total. The second-order valence-electron chi connectivity index (χ2n) is 5.17. The van der Waals surface area contributed by atoms with Gasteiger partial charge in [0, 0.05) is 17.5 Å². The van der Waals surface area contributed by atoms with Crippen molar-refractivity contribution in [1.82, 2.24) is 4.72 Å². The average molecular weight is 296 g/mol. The highest BCUT2D eigenvalue weighted by Crippen LogP contribution is 2.13. The van der Waals surface area contributed by atoms with E-state index in [1.54, 1.807) is 24.3 Å². The Morgan fingerprint density at radius 2 is 1.90 bits per heavy atom. The van der Waals surface area contributed by atoms with Gasteiger partial charge in [-0.25, -0.2) is 13.1 Å². The monoisotopic (exact) mass is 296 g/mol. The predicted molar refractivity (Wildman–Crippen MR) is 78.8 cm³/mol. The van der Waals surface area contributed by atoms with E-state index in [9.17, 15) is 8.42 Å². The van der Waals surface area contributed by atoms with Gasteiger partial charge in [0.1, 0.15) is 0 Å². The molecule has 0 aromatic heterocycles. The largest absolute Gasteiger partial charge is 0.240 e. The van der Waals surface area contributed by atoms with Gasteiger partial charge in [-0.3, -0.25) is 0 Å². The van der Waals surface area contributed by atoms with Crippen LogP contribution in [-0.4, -0.2) is 21.0 Å². The van der Waals surface area contributed by atoms with Crippen molar-refractivity contribution in [3.05, 3.63) is 40.3 Å². The highest BCUT2D eigenvalue weighted by molar-refractivity contribution is 7.89. The van der Waals surface area contributed by atoms with E-state index in [2.05, 4.69) is 14.7 Å². The van der Waals surface area contributed by atoms with E-state index in [0.717, 1.165) is 5.56 Å². The number of sulfonamides is 1. The summed E-state index contributed by atoms with van der Waals surface area (Å²) in [5.74, 6) is 0.301. The minimum absolute atomic E-state index is 0.111. The van der Waals surface area contributed by atoms with E-state index in [4.69, 9.17) is 5.53 Å². The minimum atomic E-state index is -3.59. The molecule has 1 unspecified atom stereocenters. The molecule has 1 aromatic carbocycles. The molecule has 0 saturated heterocycles. The van der Waals surface area contributed by atoms with E-state index < -0.39 is 16.1 Å².